The van der Waals surface area contributed by atoms with E-state index in [9.17, 15) is 4.79 Å². The molecule has 0 spiro atoms. The van der Waals surface area contributed by atoms with Crippen LogP contribution in [0.5, 0.6) is 0 Å². The van der Waals surface area contributed by atoms with Crippen LogP contribution < -0.4 is 0 Å². The predicted molar refractivity (Wildman–Crippen MR) is 90.7 cm³/mol. The van der Waals surface area contributed by atoms with Gasteiger partial charge in [-0.15, -0.1) is 11.3 Å². The molecule has 0 saturated carbocycles. The Labute approximate surface area is 138 Å². The van der Waals surface area contributed by atoms with Crippen LogP contribution in [0.3, 0.4) is 0 Å². The quantitative estimate of drug-likeness (QED) is 0.736. The van der Waals surface area contributed by atoms with Gasteiger partial charge in [-0.05, 0) is 13.0 Å². The number of carbonyl (C=O) groups excluding carboxylic acids is 1. The van der Waals surface area contributed by atoms with Gasteiger partial charge in [0, 0.05) is 46.0 Å². The Morgan fingerprint density at radius 3 is 3.00 bits per heavy atom. The molecular weight excluding hydrogens is 310 g/mol. The summed E-state index contributed by atoms with van der Waals surface area (Å²) < 4.78 is 8.37. The number of hydrogen-bond acceptors (Lipinski definition) is 4. The van der Waals surface area contributed by atoms with Gasteiger partial charge in [0.25, 0.3) is 0 Å². The molecule has 3 heterocycles. The van der Waals surface area contributed by atoms with Crippen LogP contribution in [0.25, 0.3) is 21.5 Å². The molecule has 0 bridgehead atoms. The molecule has 1 fully saturated rings. The number of nitrogens with zero attached hydrogens (tertiary/aromatic N) is 3. The van der Waals surface area contributed by atoms with E-state index < -0.39 is 0 Å². The Bertz CT molecular complexity index is 868. The standard InChI is InChI=1S/C17H17N3O2S/c1-12-15(13-4-2-3-5-14(13)23-12)16-18-6-7-19(16)8-9-20-10-11-22-17(20)21/h2-7H,8-11H2,1H3. The number of aryl methyl sites for hydroxylation is 1. The summed E-state index contributed by atoms with van der Waals surface area (Å²) in [6.07, 6.45) is 3.58. The number of ether oxygens (including phenoxy) is 1. The number of imidazole rings is 1. The Morgan fingerprint density at radius 1 is 1.30 bits per heavy atom. The molecule has 5 nitrogen and oxygen atoms in total. The average Bonchev–Trinajstić information content (AvgIpc) is 3.23. The molecule has 1 amide bonds. The van der Waals surface area contributed by atoms with E-state index in [1.165, 1.54) is 20.5 Å². The largest absolute Gasteiger partial charge is 0.448 e. The molecule has 0 radical (unpaired) electrons. The van der Waals surface area contributed by atoms with Crippen LogP contribution in [0.4, 0.5) is 4.79 Å². The molecule has 2 aromatic heterocycles. The highest BCUT2D eigenvalue weighted by atomic mass is 32.1. The van der Waals surface area contributed by atoms with E-state index in [0.29, 0.717) is 26.2 Å². The Hall–Kier alpha value is -2.34. The maximum absolute atomic E-state index is 11.6. The number of hydrogen-bond donors (Lipinski definition) is 0. The Balaban J connectivity index is 1.66. The third-order valence-electron chi connectivity index (χ3n) is 4.17. The number of thiophene rings is 1. The maximum atomic E-state index is 11.6. The van der Waals surface area contributed by atoms with Crippen molar-refractivity contribution in [2.24, 2.45) is 0 Å². The third-order valence-corrected chi connectivity index (χ3v) is 5.25. The summed E-state index contributed by atoms with van der Waals surface area (Å²) in [5.41, 5.74) is 1.19. The van der Waals surface area contributed by atoms with Crippen molar-refractivity contribution < 1.29 is 9.53 Å². The number of carbonyl (C=O) groups is 1. The molecule has 1 saturated heterocycles. The highest BCUT2D eigenvalue weighted by molar-refractivity contribution is 7.19. The van der Waals surface area contributed by atoms with Crippen LogP contribution in [-0.4, -0.2) is 40.2 Å². The molecule has 118 valence electrons. The van der Waals surface area contributed by atoms with Crippen molar-refractivity contribution >= 4 is 27.5 Å². The molecule has 1 aliphatic heterocycles. The molecule has 0 N–H and O–H groups in total. The summed E-state index contributed by atoms with van der Waals surface area (Å²) in [6, 6.07) is 8.41. The molecular formula is C17H17N3O2S. The molecule has 0 unspecified atom stereocenters. The van der Waals surface area contributed by atoms with Crippen molar-refractivity contribution in [3.63, 3.8) is 0 Å². The normalized spacial score (nSPS) is 14.7. The third kappa shape index (κ3) is 2.49. The average molecular weight is 327 g/mol. The van der Waals surface area contributed by atoms with Gasteiger partial charge in [-0.1, -0.05) is 18.2 Å². The minimum Gasteiger partial charge on any atom is -0.448 e. The Morgan fingerprint density at radius 2 is 2.17 bits per heavy atom. The van der Waals surface area contributed by atoms with Gasteiger partial charge in [0.1, 0.15) is 12.4 Å². The lowest BCUT2D eigenvalue weighted by Gasteiger charge is -2.14. The summed E-state index contributed by atoms with van der Waals surface area (Å²) >= 11 is 1.79. The fourth-order valence-electron chi connectivity index (χ4n) is 3.02. The molecule has 0 aliphatic carbocycles. The lowest BCUT2D eigenvalue weighted by Crippen LogP contribution is -2.28. The van der Waals surface area contributed by atoms with E-state index in [-0.39, 0.29) is 6.09 Å². The zero-order valence-electron chi connectivity index (χ0n) is 12.9. The van der Waals surface area contributed by atoms with Crippen molar-refractivity contribution in [1.29, 1.82) is 0 Å². The minimum absolute atomic E-state index is 0.219. The molecule has 3 aromatic rings. The van der Waals surface area contributed by atoms with E-state index in [0.717, 1.165) is 5.82 Å². The number of benzene rings is 1. The number of amides is 1. The summed E-state index contributed by atoms with van der Waals surface area (Å²) in [5.74, 6) is 0.965. The van der Waals surface area contributed by atoms with Gasteiger partial charge >= 0.3 is 6.09 Å². The predicted octanol–water partition coefficient (Wildman–Crippen LogP) is 3.53. The molecule has 1 aliphatic rings. The molecule has 1 aromatic carbocycles. The lowest BCUT2D eigenvalue weighted by atomic mass is 10.1. The van der Waals surface area contributed by atoms with E-state index in [2.05, 4.69) is 40.7 Å². The number of aromatic nitrogens is 2. The zero-order chi connectivity index (χ0) is 15.8. The van der Waals surface area contributed by atoms with Gasteiger partial charge < -0.3 is 14.2 Å². The van der Waals surface area contributed by atoms with Crippen LogP contribution in [0.15, 0.2) is 36.7 Å². The minimum atomic E-state index is -0.219. The van der Waals surface area contributed by atoms with Crippen molar-refractivity contribution in [1.82, 2.24) is 14.5 Å². The summed E-state index contributed by atoms with van der Waals surface area (Å²) in [5, 5.41) is 1.24. The van der Waals surface area contributed by atoms with Crippen molar-refractivity contribution in [3.8, 4) is 11.4 Å². The molecule has 6 heteroatoms. The molecule has 4 rings (SSSR count). The van der Waals surface area contributed by atoms with Crippen molar-refractivity contribution in [2.45, 2.75) is 13.5 Å². The monoisotopic (exact) mass is 327 g/mol. The second kappa shape index (κ2) is 5.70. The summed E-state index contributed by atoms with van der Waals surface area (Å²) in [7, 11) is 0. The molecule has 23 heavy (non-hydrogen) atoms. The Kier molecular flexibility index (Phi) is 3.53. The highest BCUT2D eigenvalue weighted by Crippen LogP contribution is 2.37. The second-order valence-corrected chi connectivity index (χ2v) is 6.83. The van der Waals surface area contributed by atoms with E-state index in [1.54, 1.807) is 16.2 Å². The van der Waals surface area contributed by atoms with E-state index >= 15 is 0 Å². The van der Waals surface area contributed by atoms with Crippen LogP contribution in [0.1, 0.15) is 4.88 Å². The number of rotatable bonds is 4. The fraction of sp³-hybridized carbons (Fsp3) is 0.294. The van der Waals surface area contributed by atoms with Crippen LogP contribution >= 0.6 is 11.3 Å². The van der Waals surface area contributed by atoms with E-state index in [4.69, 9.17) is 4.74 Å². The first kappa shape index (κ1) is 14.3. The number of cyclic esters (lactones) is 1. The van der Waals surface area contributed by atoms with Crippen LogP contribution in [-0.2, 0) is 11.3 Å². The zero-order valence-corrected chi connectivity index (χ0v) is 13.7. The van der Waals surface area contributed by atoms with Gasteiger partial charge in [-0.3, -0.25) is 0 Å². The van der Waals surface area contributed by atoms with Gasteiger partial charge in [0.2, 0.25) is 0 Å². The van der Waals surface area contributed by atoms with Gasteiger partial charge in [-0.25, -0.2) is 9.78 Å². The second-order valence-electron chi connectivity index (χ2n) is 5.58. The first-order valence-corrected chi connectivity index (χ1v) is 8.47. The fourth-order valence-corrected chi connectivity index (χ4v) is 4.08. The first-order valence-electron chi connectivity index (χ1n) is 7.65. The topological polar surface area (TPSA) is 47.4 Å². The maximum Gasteiger partial charge on any atom is 0.410 e. The number of fused-ring (bicyclic) bond motifs is 1. The van der Waals surface area contributed by atoms with Crippen molar-refractivity contribution in [3.05, 3.63) is 41.5 Å². The first-order chi connectivity index (χ1) is 11.2. The summed E-state index contributed by atoms with van der Waals surface area (Å²) in [4.78, 5) is 19.1. The van der Waals surface area contributed by atoms with Crippen LogP contribution in [0.2, 0.25) is 0 Å². The van der Waals surface area contributed by atoms with E-state index in [1.807, 2.05) is 12.4 Å². The SMILES string of the molecule is Cc1sc2ccccc2c1-c1nccn1CCN1CCOC1=O. The van der Waals surface area contributed by atoms with Crippen LogP contribution in [0, 0.1) is 6.92 Å². The summed E-state index contributed by atoms with van der Waals surface area (Å²) in [6.45, 7) is 4.65. The highest BCUT2D eigenvalue weighted by Gasteiger charge is 2.22. The van der Waals surface area contributed by atoms with Gasteiger partial charge in [0.05, 0.1) is 6.54 Å². The van der Waals surface area contributed by atoms with Gasteiger partial charge in [-0.2, -0.15) is 0 Å². The molecule has 0 atom stereocenters. The smallest absolute Gasteiger partial charge is 0.410 e. The lowest BCUT2D eigenvalue weighted by molar-refractivity contribution is 0.157. The van der Waals surface area contributed by atoms with Crippen molar-refractivity contribution in [2.75, 3.05) is 19.7 Å². The van der Waals surface area contributed by atoms with Gasteiger partial charge in [0.15, 0.2) is 0 Å².